The number of hydrogen-bond acceptors (Lipinski definition) is 8. The molecule has 9 nitrogen and oxygen atoms in total. The molecule has 0 unspecified atom stereocenters. The van der Waals surface area contributed by atoms with E-state index in [1.165, 1.54) is 12.3 Å². The van der Waals surface area contributed by atoms with Gasteiger partial charge in [-0.1, -0.05) is 11.6 Å². The monoisotopic (exact) mass is 432 g/mol. The Kier molecular flexibility index (Phi) is 5.96. The molecule has 30 heavy (non-hydrogen) atoms. The molecule has 4 rings (SSSR count). The maximum absolute atomic E-state index is 13.2. The zero-order valence-electron chi connectivity index (χ0n) is 16.6. The first kappa shape index (κ1) is 20.3. The van der Waals surface area contributed by atoms with Gasteiger partial charge in [-0.05, 0) is 26.0 Å². The van der Waals surface area contributed by atoms with Gasteiger partial charge in [-0.3, -0.25) is 10.1 Å². The molecular formula is C19H22ClFN8O. The van der Waals surface area contributed by atoms with E-state index < -0.39 is 0 Å². The van der Waals surface area contributed by atoms with Gasteiger partial charge in [0.05, 0.1) is 31.1 Å². The summed E-state index contributed by atoms with van der Waals surface area (Å²) in [6, 6.07) is 4.59. The lowest BCUT2D eigenvalue weighted by molar-refractivity contribution is 0.122. The molecule has 0 amide bonds. The number of anilines is 4. The summed E-state index contributed by atoms with van der Waals surface area (Å²) < 4.78 is 18.6. The molecule has 0 aliphatic carbocycles. The van der Waals surface area contributed by atoms with E-state index in [2.05, 4.69) is 40.7 Å². The number of rotatable bonds is 6. The number of aromatic amines is 1. The number of pyridine rings is 1. The van der Waals surface area contributed by atoms with E-state index in [0.717, 1.165) is 5.69 Å². The molecule has 0 saturated carbocycles. The zero-order chi connectivity index (χ0) is 21.1. The largest absolute Gasteiger partial charge is 0.378 e. The summed E-state index contributed by atoms with van der Waals surface area (Å²) in [5, 5.41) is 13.8. The van der Waals surface area contributed by atoms with Gasteiger partial charge in [0, 0.05) is 24.8 Å². The minimum absolute atomic E-state index is 0.254. The quantitative estimate of drug-likeness (QED) is 0.544. The molecule has 1 aliphatic heterocycles. The van der Waals surface area contributed by atoms with Crippen LogP contribution in [0, 0.1) is 12.7 Å². The Labute approximate surface area is 178 Å². The summed E-state index contributed by atoms with van der Waals surface area (Å²) in [6.45, 7) is 6.35. The Hall–Kier alpha value is -2.98. The summed E-state index contributed by atoms with van der Waals surface area (Å²) in [5.74, 6) is 1.62. The maximum atomic E-state index is 13.2. The molecular weight excluding hydrogens is 411 g/mol. The standard InChI is InChI=1S/C19H22ClFN8O/c1-11-9-15(28-27-11)24-19-25-17(23-12(2)14-4-3-13(21)10-22-14)16(20)18(26-19)29-5-7-30-8-6-29/h3-4,9-10,12H,5-8H2,1-2H3,(H3,23,24,25,26,27,28)/t12-/m0/s1. The Morgan fingerprint density at radius 2 is 2.07 bits per heavy atom. The van der Waals surface area contributed by atoms with Crippen LogP contribution in [0.25, 0.3) is 0 Å². The van der Waals surface area contributed by atoms with Crippen molar-refractivity contribution >= 4 is 35.0 Å². The summed E-state index contributed by atoms with van der Waals surface area (Å²) in [7, 11) is 0. The van der Waals surface area contributed by atoms with Gasteiger partial charge in [0.1, 0.15) is 10.8 Å². The molecule has 158 valence electrons. The van der Waals surface area contributed by atoms with Gasteiger partial charge in [-0.15, -0.1) is 0 Å². The first-order valence-electron chi connectivity index (χ1n) is 9.57. The van der Waals surface area contributed by atoms with Gasteiger partial charge >= 0.3 is 0 Å². The molecule has 1 saturated heterocycles. The number of morpholine rings is 1. The third kappa shape index (κ3) is 4.60. The van der Waals surface area contributed by atoms with E-state index in [4.69, 9.17) is 16.3 Å². The number of nitrogens with one attached hydrogen (secondary N) is 3. The Bertz CT molecular complexity index is 1010. The lowest BCUT2D eigenvalue weighted by atomic mass is 10.2. The van der Waals surface area contributed by atoms with Crippen molar-refractivity contribution in [3.8, 4) is 0 Å². The van der Waals surface area contributed by atoms with E-state index >= 15 is 0 Å². The second-order valence-electron chi connectivity index (χ2n) is 6.96. The summed E-state index contributed by atoms with van der Waals surface area (Å²) in [5.41, 5.74) is 1.57. The van der Waals surface area contributed by atoms with Crippen molar-refractivity contribution in [2.75, 3.05) is 41.8 Å². The van der Waals surface area contributed by atoms with Gasteiger partial charge in [0.15, 0.2) is 17.5 Å². The molecule has 3 aromatic rings. The number of H-pyrrole nitrogens is 1. The topological polar surface area (TPSA) is 104 Å². The lowest BCUT2D eigenvalue weighted by Gasteiger charge is -2.29. The second-order valence-corrected chi connectivity index (χ2v) is 7.34. The number of aryl methyl sites for hydroxylation is 1. The minimum atomic E-state index is -0.388. The molecule has 3 aromatic heterocycles. The van der Waals surface area contributed by atoms with E-state index in [9.17, 15) is 4.39 Å². The van der Waals surface area contributed by atoms with Crippen molar-refractivity contribution in [1.82, 2.24) is 25.1 Å². The minimum Gasteiger partial charge on any atom is -0.378 e. The van der Waals surface area contributed by atoms with Crippen LogP contribution in [0.5, 0.6) is 0 Å². The SMILES string of the molecule is Cc1cc(Nc2nc(N[C@@H](C)c3ccc(F)cn3)c(Cl)c(N3CCOCC3)n2)n[nH]1. The number of halogens is 2. The molecule has 0 bridgehead atoms. The highest BCUT2D eigenvalue weighted by atomic mass is 35.5. The van der Waals surface area contributed by atoms with Crippen molar-refractivity contribution in [2.45, 2.75) is 19.9 Å². The molecule has 0 radical (unpaired) electrons. The van der Waals surface area contributed by atoms with Crippen LogP contribution in [0.2, 0.25) is 5.02 Å². The van der Waals surface area contributed by atoms with E-state index in [0.29, 0.717) is 60.4 Å². The van der Waals surface area contributed by atoms with Crippen LogP contribution in [0.1, 0.15) is 24.4 Å². The van der Waals surface area contributed by atoms with Gasteiger partial charge < -0.3 is 20.3 Å². The van der Waals surface area contributed by atoms with Crippen molar-refractivity contribution in [3.63, 3.8) is 0 Å². The highest BCUT2D eigenvalue weighted by Gasteiger charge is 2.22. The third-order valence-corrected chi connectivity index (χ3v) is 4.99. The highest BCUT2D eigenvalue weighted by Crippen LogP contribution is 2.34. The summed E-state index contributed by atoms with van der Waals surface area (Å²) in [4.78, 5) is 15.3. The average Bonchev–Trinajstić information content (AvgIpc) is 3.16. The molecule has 0 spiro atoms. The summed E-state index contributed by atoms with van der Waals surface area (Å²) >= 11 is 6.68. The fourth-order valence-corrected chi connectivity index (χ4v) is 3.35. The van der Waals surface area contributed by atoms with Gasteiger partial charge in [-0.2, -0.15) is 15.1 Å². The number of nitrogens with zero attached hydrogens (tertiary/aromatic N) is 5. The summed E-state index contributed by atoms with van der Waals surface area (Å²) in [6.07, 6.45) is 1.18. The molecule has 3 N–H and O–H groups in total. The van der Waals surface area contributed by atoms with Crippen molar-refractivity contribution in [3.05, 3.63) is 46.6 Å². The molecule has 1 fully saturated rings. The fourth-order valence-electron chi connectivity index (χ4n) is 3.09. The Balaban J connectivity index is 1.66. The molecule has 1 atom stereocenters. The van der Waals surface area contributed by atoms with Crippen LogP contribution in [0.4, 0.5) is 27.8 Å². The fraction of sp³-hybridized carbons (Fsp3) is 0.368. The number of aromatic nitrogens is 5. The second kappa shape index (κ2) is 8.80. The Morgan fingerprint density at radius 1 is 1.27 bits per heavy atom. The van der Waals surface area contributed by atoms with Crippen LogP contribution in [-0.2, 0) is 4.74 Å². The van der Waals surface area contributed by atoms with Gasteiger partial charge in [0.2, 0.25) is 5.95 Å². The van der Waals surface area contributed by atoms with E-state index in [-0.39, 0.29) is 11.9 Å². The zero-order valence-corrected chi connectivity index (χ0v) is 17.4. The average molecular weight is 433 g/mol. The van der Waals surface area contributed by atoms with Crippen LogP contribution >= 0.6 is 11.6 Å². The molecule has 0 aromatic carbocycles. The first-order chi connectivity index (χ1) is 14.5. The lowest BCUT2D eigenvalue weighted by Crippen LogP contribution is -2.37. The maximum Gasteiger partial charge on any atom is 0.232 e. The van der Waals surface area contributed by atoms with Crippen molar-refractivity contribution in [2.24, 2.45) is 0 Å². The predicted molar refractivity (Wildman–Crippen MR) is 113 cm³/mol. The first-order valence-corrected chi connectivity index (χ1v) is 9.94. The number of hydrogen-bond donors (Lipinski definition) is 3. The van der Waals surface area contributed by atoms with Crippen LogP contribution in [-0.4, -0.2) is 51.5 Å². The van der Waals surface area contributed by atoms with Crippen LogP contribution in [0.15, 0.2) is 24.4 Å². The molecule has 4 heterocycles. The molecule has 1 aliphatic rings. The van der Waals surface area contributed by atoms with Crippen LogP contribution in [0.3, 0.4) is 0 Å². The predicted octanol–water partition coefficient (Wildman–Crippen LogP) is 3.45. The van der Waals surface area contributed by atoms with E-state index in [1.807, 2.05) is 19.9 Å². The Morgan fingerprint density at radius 3 is 2.73 bits per heavy atom. The van der Waals surface area contributed by atoms with Crippen LogP contribution < -0.4 is 15.5 Å². The van der Waals surface area contributed by atoms with Crippen molar-refractivity contribution in [1.29, 1.82) is 0 Å². The smallest absolute Gasteiger partial charge is 0.232 e. The normalized spacial score (nSPS) is 15.1. The third-order valence-electron chi connectivity index (χ3n) is 4.64. The molecule has 11 heteroatoms. The van der Waals surface area contributed by atoms with Gasteiger partial charge in [0.25, 0.3) is 0 Å². The van der Waals surface area contributed by atoms with Crippen molar-refractivity contribution < 1.29 is 9.13 Å². The van der Waals surface area contributed by atoms with Gasteiger partial charge in [-0.25, -0.2) is 4.39 Å². The van der Waals surface area contributed by atoms with E-state index in [1.54, 1.807) is 6.07 Å². The highest BCUT2D eigenvalue weighted by molar-refractivity contribution is 6.35. The number of ether oxygens (including phenoxy) is 1.